The van der Waals surface area contributed by atoms with Crippen LogP contribution in [-0.2, 0) is 11.2 Å². The average molecular weight is 507 g/mol. The number of guanidine groups is 1. The molecule has 0 saturated heterocycles. The second-order valence-corrected chi connectivity index (χ2v) is 6.08. The maximum absolute atomic E-state index is 13.5. The normalized spacial score (nSPS) is 12.4. The van der Waals surface area contributed by atoms with Crippen LogP contribution in [0.5, 0.6) is 0 Å². The Morgan fingerprint density at radius 2 is 2.07 bits per heavy atom. The van der Waals surface area contributed by atoms with Crippen LogP contribution in [0.2, 0.25) is 0 Å². The number of nitrogens with zero attached hydrogens (tertiary/aromatic N) is 1. The maximum Gasteiger partial charge on any atom is 0.191 e. The molecule has 28 heavy (non-hydrogen) atoms. The van der Waals surface area contributed by atoms with Gasteiger partial charge in [-0.1, -0.05) is 6.07 Å². The van der Waals surface area contributed by atoms with E-state index in [4.69, 9.17) is 9.15 Å². The van der Waals surface area contributed by atoms with Crippen molar-refractivity contribution in [2.24, 2.45) is 4.99 Å². The predicted molar refractivity (Wildman–Crippen MR) is 117 cm³/mol. The largest absolute Gasteiger partial charge is 0.469 e. The van der Waals surface area contributed by atoms with Crippen molar-refractivity contribution in [2.45, 2.75) is 32.7 Å². The van der Waals surface area contributed by atoms with Gasteiger partial charge in [0, 0.05) is 32.7 Å². The topological polar surface area (TPSA) is 58.8 Å². The van der Waals surface area contributed by atoms with Crippen molar-refractivity contribution in [3.63, 3.8) is 0 Å². The number of hydrogen-bond donors (Lipinski definition) is 2. The van der Waals surface area contributed by atoms with E-state index >= 15 is 0 Å². The molecule has 1 aromatic heterocycles. The van der Waals surface area contributed by atoms with Crippen molar-refractivity contribution < 1.29 is 17.9 Å². The Morgan fingerprint density at radius 1 is 1.25 bits per heavy atom. The summed E-state index contributed by atoms with van der Waals surface area (Å²) in [6, 6.07) is 7.42. The highest BCUT2D eigenvalue weighted by Crippen LogP contribution is 2.15. The van der Waals surface area contributed by atoms with E-state index in [2.05, 4.69) is 15.6 Å². The molecule has 2 rings (SSSR count). The van der Waals surface area contributed by atoms with Gasteiger partial charge >= 0.3 is 0 Å². The fourth-order valence-corrected chi connectivity index (χ4v) is 2.48. The predicted octanol–water partition coefficient (Wildman–Crippen LogP) is 4.44. The fourth-order valence-electron chi connectivity index (χ4n) is 2.48. The van der Waals surface area contributed by atoms with Crippen LogP contribution in [0.25, 0.3) is 0 Å². The molecule has 0 saturated carbocycles. The van der Waals surface area contributed by atoms with Gasteiger partial charge in [0.05, 0.1) is 12.3 Å². The molecule has 1 unspecified atom stereocenters. The number of hydrogen-bond acceptors (Lipinski definition) is 3. The van der Waals surface area contributed by atoms with Crippen molar-refractivity contribution in [3.8, 4) is 0 Å². The Hall–Kier alpha value is -1.68. The molecule has 156 valence electrons. The summed E-state index contributed by atoms with van der Waals surface area (Å²) in [6.45, 7) is 6.39. The Bertz CT molecular complexity index is 711. The smallest absolute Gasteiger partial charge is 0.191 e. The van der Waals surface area contributed by atoms with Crippen LogP contribution in [0.15, 0.2) is 46.0 Å². The van der Waals surface area contributed by atoms with Crippen LogP contribution in [0.4, 0.5) is 8.78 Å². The first-order valence-corrected chi connectivity index (χ1v) is 9.20. The van der Waals surface area contributed by atoms with Gasteiger partial charge < -0.3 is 19.8 Å². The molecule has 5 nitrogen and oxygen atoms in total. The monoisotopic (exact) mass is 507 g/mol. The zero-order chi connectivity index (χ0) is 19.5. The van der Waals surface area contributed by atoms with E-state index in [1.165, 1.54) is 6.07 Å². The van der Waals surface area contributed by atoms with Crippen LogP contribution in [-0.4, -0.2) is 32.3 Å². The van der Waals surface area contributed by atoms with Crippen LogP contribution in [0, 0.1) is 11.6 Å². The third kappa shape index (κ3) is 8.55. The van der Waals surface area contributed by atoms with Gasteiger partial charge in [-0.3, -0.25) is 4.99 Å². The minimum atomic E-state index is -0.859. The molecule has 2 aromatic rings. The average Bonchev–Trinajstić information content (AvgIpc) is 3.17. The number of furan rings is 1. The van der Waals surface area contributed by atoms with Crippen LogP contribution >= 0.6 is 24.0 Å². The van der Waals surface area contributed by atoms with Crippen molar-refractivity contribution in [1.82, 2.24) is 10.6 Å². The third-order valence-corrected chi connectivity index (χ3v) is 3.96. The van der Waals surface area contributed by atoms with Gasteiger partial charge in [-0.05, 0) is 50.1 Å². The molecule has 0 aliphatic rings. The Balaban J connectivity index is 0.00000392. The SMILES string of the molecule is CCOCCCN=C(NCCc1ccco1)NC(C)c1ccc(F)c(F)c1.I. The summed E-state index contributed by atoms with van der Waals surface area (Å²) in [5, 5.41) is 6.48. The quantitative estimate of drug-likeness (QED) is 0.216. The third-order valence-electron chi connectivity index (χ3n) is 3.96. The van der Waals surface area contributed by atoms with Gasteiger partial charge in [-0.15, -0.1) is 24.0 Å². The molecule has 0 spiro atoms. The lowest BCUT2D eigenvalue weighted by atomic mass is 10.1. The standard InChI is InChI=1S/C20H27F2N3O2.HI/c1-3-26-12-5-10-23-20(24-11-9-17-6-4-13-27-17)25-15(2)16-7-8-18(21)19(22)14-16;/h4,6-8,13-15H,3,5,9-12H2,1-2H3,(H2,23,24,25);1H. The van der Waals surface area contributed by atoms with E-state index in [1.54, 1.807) is 12.3 Å². The lowest BCUT2D eigenvalue weighted by Crippen LogP contribution is -2.40. The van der Waals surface area contributed by atoms with E-state index in [-0.39, 0.29) is 30.0 Å². The summed E-state index contributed by atoms with van der Waals surface area (Å²) in [5.41, 5.74) is 0.642. The number of ether oxygens (including phenoxy) is 1. The van der Waals surface area contributed by atoms with E-state index in [9.17, 15) is 8.78 Å². The molecule has 0 fully saturated rings. The first-order chi connectivity index (χ1) is 13.1. The molecule has 1 aromatic carbocycles. The number of nitrogens with one attached hydrogen (secondary N) is 2. The van der Waals surface area contributed by atoms with Gasteiger partial charge in [-0.2, -0.15) is 0 Å². The Kier molecular flexibility index (Phi) is 11.7. The highest BCUT2D eigenvalue weighted by atomic mass is 127. The molecule has 0 aliphatic carbocycles. The lowest BCUT2D eigenvalue weighted by Gasteiger charge is -2.19. The highest BCUT2D eigenvalue weighted by molar-refractivity contribution is 14.0. The highest BCUT2D eigenvalue weighted by Gasteiger charge is 2.11. The summed E-state index contributed by atoms with van der Waals surface area (Å²) in [6.07, 6.45) is 3.16. The second kappa shape index (κ2) is 13.5. The molecule has 0 bridgehead atoms. The Morgan fingerprint density at radius 3 is 2.75 bits per heavy atom. The molecule has 2 N–H and O–H groups in total. The molecule has 0 aliphatic heterocycles. The van der Waals surface area contributed by atoms with Crippen molar-refractivity contribution in [3.05, 3.63) is 59.6 Å². The number of aliphatic imine (C=N–C) groups is 1. The molecule has 0 amide bonds. The summed E-state index contributed by atoms with van der Waals surface area (Å²) in [5.74, 6) is -0.225. The van der Waals surface area contributed by atoms with Crippen molar-refractivity contribution >= 4 is 29.9 Å². The summed E-state index contributed by atoms with van der Waals surface area (Å²) in [7, 11) is 0. The number of rotatable bonds is 10. The van der Waals surface area contributed by atoms with Crippen LogP contribution in [0.1, 0.15) is 37.6 Å². The number of halogens is 3. The van der Waals surface area contributed by atoms with Gasteiger partial charge in [0.25, 0.3) is 0 Å². The number of benzene rings is 1. The first-order valence-electron chi connectivity index (χ1n) is 9.20. The van der Waals surface area contributed by atoms with E-state index in [0.717, 1.165) is 18.2 Å². The summed E-state index contributed by atoms with van der Waals surface area (Å²) >= 11 is 0. The fraction of sp³-hybridized carbons (Fsp3) is 0.450. The molecular formula is C20H28F2IN3O2. The van der Waals surface area contributed by atoms with Gasteiger partial charge in [0.2, 0.25) is 0 Å². The zero-order valence-corrected chi connectivity index (χ0v) is 18.5. The lowest BCUT2D eigenvalue weighted by molar-refractivity contribution is 0.146. The molecule has 8 heteroatoms. The summed E-state index contributed by atoms with van der Waals surface area (Å²) in [4.78, 5) is 4.54. The molecular weight excluding hydrogens is 479 g/mol. The first kappa shape index (κ1) is 24.4. The maximum atomic E-state index is 13.5. The molecule has 1 heterocycles. The summed E-state index contributed by atoms with van der Waals surface area (Å²) < 4.78 is 37.3. The van der Waals surface area contributed by atoms with Crippen LogP contribution in [0.3, 0.4) is 0 Å². The second-order valence-electron chi connectivity index (χ2n) is 6.08. The molecule has 1 atom stereocenters. The van der Waals surface area contributed by atoms with Crippen molar-refractivity contribution in [2.75, 3.05) is 26.3 Å². The Labute approximate surface area is 182 Å². The van der Waals surface area contributed by atoms with Crippen LogP contribution < -0.4 is 10.6 Å². The van der Waals surface area contributed by atoms with Gasteiger partial charge in [0.15, 0.2) is 17.6 Å². The zero-order valence-electron chi connectivity index (χ0n) is 16.2. The van der Waals surface area contributed by atoms with Gasteiger partial charge in [-0.25, -0.2) is 8.78 Å². The minimum Gasteiger partial charge on any atom is -0.469 e. The van der Waals surface area contributed by atoms with Crippen molar-refractivity contribution in [1.29, 1.82) is 0 Å². The molecule has 0 radical (unpaired) electrons. The minimum absolute atomic E-state index is 0. The van der Waals surface area contributed by atoms with E-state index < -0.39 is 11.6 Å². The van der Waals surface area contributed by atoms with E-state index in [0.29, 0.717) is 44.2 Å². The van der Waals surface area contributed by atoms with E-state index in [1.807, 2.05) is 26.0 Å². The van der Waals surface area contributed by atoms with Gasteiger partial charge in [0.1, 0.15) is 5.76 Å².